The number of nitrogens with one attached hydrogen (secondary N) is 1. The molecule has 168 valence electrons. The number of halogens is 1. The lowest BCUT2D eigenvalue weighted by Crippen LogP contribution is -2.19. The van der Waals surface area contributed by atoms with Crippen molar-refractivity contribution >= 4 is 17.4 Å². The summed E-state index contributed by atoms with van der Waals surface area (Å²) >= 11 is 0. The second kappa shape index (κ2) is 9.43. The smallest absolute Gasteiger partial charge is 0.255 e. The SMILES string of the molecule is CC1=C(/C=C/C(C)=C(\F)c2ccc(C(=O)Nc3ccc(O)cc3)cc2O)C(C)(C)CCC1. The van der Waals surface area contributed by atoms with Crippen LogP contribution < -0.4 is 5.32 Å². The summed E-state index contributed by atoms with van der Waals surface area (Å²) in [4.78, 5) is 12.4. The van der Waals surface area contributed by atoms with Gasteiger partial charge in [0.05, 0.1) is 5.56 Å². The van der Waals surface area contributed by atoms with Crippen molar-refractivity contribution in [1.82, 2.24) is 0 Å². The van der Waals surface area contributed by atoms with Crippen molar-refractivity contribution in [2.24, 2.45) is 5.41 Å². The number of benzene rings is 2. The van der Waals surface area contributed by atoms with Gasteiger partial charge in [0, 0.05) is 11.3 Å². The summed E-state index contributed by atoms with van der Waals surface area (Å²) in [7, 11) is 0. The van der Waals surface area contributed by atoms with Gasteiger partial charge in [-0.15, -0.1) is 0 Å². The topological polar surface area (TPSA) is 69.6 Å². The highest BCUT2D eigenvalue weighted by molar-refractivity contribution is 6.04. The molecule has 1 aliphatic rings. The molecule has 0 radical (unpaired) electrons. The summed E-state index contributed by atoms with van der Waals surface area (Å²) in [5.41, 5.74) is 3.78. The number of phenolic OH excluding ortho intramolecular Hbond substituents is 2. The van der Waals surface area contributed by atoms with Crippen LogP contribution in [0.4, 0.5) is 10.1 Å². The number of aromatic hydroxyl groups is 2. The van der Waals surface area contributed by atoms with Gasteiger partial charge in [-0.2, -0.15) is 0 Å². The van der Waals surface area contributed by atoms with Crippen molar-refractivity contribution in [2.75, 3.05) is 5.32 Å². The van der Waals surface area contributed by atoms with Crippen molar-refractivity contribution in [3.8, 4) is 11.5 Å². The molecule has 32 heavy (non-hydrogen) atoms. The van der Waals surface area contributed by atoms with Crippen molar-refractivity contribution < 1.29 is 19.4 Å². The fourth-order valence-corrected chi connectivity index (χ4v) is 4.11. The first-order chi connectivity index (χ1) is 15.1. The molecule has 0 heterocycles. The van der Waals surface area contributed by atoms with Gasteiger partial charge in [0.1, 0.15) is 17.3 Å². The van der Waals surface area contributed by atoms with E-state index < -0.39 is 11.7 Å². The largest absolute Gasteiger partial charge is 0.508 e. The first-order valence-electron chi connectivity index (χ1n) is 10.8. The van der Waals surface area contributed by atoms with Crippen LogP contribution in [0.25, 0.3) is 5.83 Å². The molecular formula is C27H30FNO3. The van der Waals surface area contributed by atoms with Gasteiger partial charge in [0.25, 0.3) is 5.91 Å². The molecule has 2 aromatic carbocycles. The molecule has 0 spiro atoms. The van der Waals surface area contributed by atoms with E-state index in [1.165, 1.54) is 47.9 Å². The first kappa shape index (κ1) is 23.3. The summed E-state index contributed by atoms with van der Waals surface area (Å²) in [6, 6.07) is 10.2. The van der Waals surface area contributed by atoms with E-state index in [0.29, 0.717) is 11.3 Å². The monoisotopic (exact) mass is 435 g/mol. The highest BCUT2D eigenvalue weighted by Crippen LogP contribution is 2.41. The fraction of sp³-hybridized carbons (Fsp3) is 0.296. The van der Waals surface area contributed by atoms with Crippen LogP contribution in [0.2, 0.25) is 0 Å². The lowest BCUT2D eigenvalue weighted by molar-refractivity contribution is 0.102. The molecule has 5 heteroatoms. The maximum Gasteiger partial charge on any atom is 0.255 e. The summed E-state index contributed by atoms with van der Waals surface area (Å²) in [6.45, 7) is 8.21. The number of phenols is 2. The highest BCUT2D eigenvalue weighted by atomic mass is 19.1. The van der Waals surface area contributed by atoms with Gasteiger partial charge in [0.15, 0.2) is 0 Å². The molecule has 0 aliphatic heterocycles. The molecule has 0 saturated heterocycles. The van der Waals surface area contributed by atoms with Gasteiger partial charge in [-0.05, 0) is 92.1 Å². The van der Waals surface area contributed by atoms with Crippen LogP contribution in [0.1, 0.15) is 62.9 Å². The molecular weight excluding hydrogens is 405 g/mol. The van der Waals surface area contributed by atoms with Gasteiger partial charge in [0.2, 0.25) is 0 Å². The third-order valence-electron chi connectivity index (χ3n) is 6.01. The molecule has 0 atom stereocenters. The van der Waals surface area contributed by atoms with Gasteiger partial charge in [-0.3, -0.25) is 4.79 Å². The van der Waals surface area contributed by atoms with Crippen LogP contribution in [0.5, 0.6) is 11.5 Å². The fourth-order valence-electron chi connectivity index (χ4n) is 4.11. The molecule has 0 fully saturated rings. The molecule has 3 rings (SSSR count). The normalized spacial score (nSPS) is 16.8. The summed E-state index contributed by atoms with van der Waals surface area (Å²) in [5.74, 6) is -1.19. The number of amides is 1. The number of carbonyl (C=O) groups is 1. The van der Waals surface area contributed by atoms with Gasteiger partial charge in [-0.1, -0.05) is 31.6 Å². The Bertz CT molecular complexity index is 1110. The summed E-state index contributed by atoms with van der Waals surface area (Å²) < 4.78 is 15.1. The van der Waals surface area contributed by atoms with Crippen molar-refractivity contribution in [3.05, 3.63) is 82.5 Å². The minimum Gasteiger partial charge on any atom is -0.508 e. The number of anilines is 1. The first-order valence-corrected chi connectivity index (χ1v) is 10.8. The van der Waals surface area contributed by atoms with E-state index in [-0.39, 0.29) is 28.0 Å². The number of carbonyl (C=O) groups excluding carboxylic acids is 1. The minimum absolute atomic E-state index is 0.0435. The molecule has 0 aromatic heterocycles. The van der Waals surface area contributed by atoms with Crippen LogP contribution in [0.15, 0.2) is 71.3 Å². The highest BCUT2D eigenvalue weighted by Gasteiger charge is 2.26. The Kier molecular flexibility index (Phi) is 6.87. The van der Waals surface area contributed by atoms with E-state index in [2.05, 4.69) is 26.1 Å². The Morgan fingerprint density at radius 3 is 2.44 bits per heavy atom. The quantitative estimate of drug-likeness (QED) is 0.345. The minimum atomic E-state index is -0.531. The van der Waals surface area contributed by atoms with Crippen molar-refractivity contribution in [1.29, 1.82) is 0 Å². The Hall–Kier alpha value is -3.34. The summed E-state index contributed by atoms with van der Waals surface area (Å²) in [5, 5.41) is 22.4. The molecule has 4 nitrogen and oxygen atoms in total. The third-order valence-corrected chi connectivity index (χ3v) is 6.01. The second-order valence-corrected chi connectivity index (χ2v) is 8.99. The van der Waals surface area contributed by atoms with E-state index in [0.717, 1.165) is 12.8 Å². The van der Waals surface area contributed by atoms with Crippen LogP contribution in [0.3, 0.4) is 0 Å². The molecule has 0 bridgehead atoms. The van der Waals surface area contributed by atoms with Crippen molar-refractivity contribution in [3.63, 3.8) is 0 Å². The van der Waals surface area contributed by atoms with Crippen LogP contribution in [-0.2, 0) is 0 Å². The zero-order valence-electron chi connectivity index (χ0n) is 19.0. The number of rotatable bonds is 5. The predicted molar refractivity (Wildman–Crippen MR) is 127 cm³/mol. The zero-order chi connectivity index (χ0) is 23.5. The molecule has 1 amide bonds. The molecule has 0 saturated carbocycles. The van der Waals surface area contributed by atoms with Gasteiger partial charge in [-0.25, -0.2) is 4.39 Å². The third kappa shape index (κ3) is 5.28. The second-order valence-electron chi connectivity index (χ2n) is 8.99. The van der Waals surface area contributed by atoms with Crippen LogP contribution in [0, 0.1) is 5.41 Å². The van der Waals surface area contributed by atoms with Crippen LogP contribution in [-0.4, -0.2) is 16.1 Å². The Morgan fingerprint density at radius 2 is 1.81 bits per heavy atom. The standard InChI is InChI=1S/C27H30FNO3/c1-17-6-5-15-27(3,4)23(17)14-7-18(2)25(28)22-13-8-19(16-24(22)31)26(32)29-20-9-11-21(30)12-10-20/h7-14,16,30-31H,5-6,15H2,1-4H3,(H,29,32)/b14-7+,25-18-. The van der Waals surface area contributed by atoms with Gasteiger partial charge < -0.3 is 15.5 Å². The molecule has 3 N–H and O–H groups in total. The van der Waals surface area contributed by atoms with E-state index in [4.69, 9.17) is 0 Å². The predicted octanol–water partition coefficient (Wildman–Crippen LogP) is 7.13. The maximum absolute atomic E-state index is 15.1. The Balaban J connectivity index is 1.80. The van der Waals surface area contributed by atoms with E-state index in [1.54, 1.807) is 25.1 Å². The number of allylic oxidation sites excluding steroid dienone is 5. The Labute approximate surface area is 188 Å². The molecule has 1 aliphatic carbocycles. The number of hydrogen-bond donors (Lipinski definition) is 3. The van der Waals surface area contributed by atoms with Crippen LogP contribution >= 0.6 is 0 Å². The van der Waals surface area contributed by atoms with E-state index >= 15 is 4.39 Å². The maximum atomic E-state index is 15.1. The Morgan fingerprint density at radius 1 is 1.12 bits per heavy atom. The van der Waals surface area contributed by atoms with E-state index in [9.17, 15) is 15.0 Å². The average Bonchev–Trinajstić information content (AvgIpc) is 2.73. The zero-order valence-corrected chi connectivity index (χ0v) is 19.0. The van der Waals surface area contributed by atoms with E-state index in [1.807, 2.05) is 6.08 Å². The number of hydrogen-bond acceptors (Lipinski definition) is 3. The molecule has 2 aromatic rings. The van der Waals surface area contributed by atoms with Gasteiger partial charge >= 0.3 is 0 Å². The average molecular weight is 436 g/mol. The lowest BCUT2D eigenvalue weighted by Gasteiger charge is -2.33. The van der Waals surface area contributed by atoms with Crippen molar-refractivity contribution in [2.45, 2.75) is 47.0 Å². The summed E-state index contributed by atoms with van der Waals surface area (Å²) in [6.07, 6.45) is 7.07. The molecule has 0 unspecified atom stereocenters. The lowest BCUT2D eigenvalue weighted by atomic mass is 9.72.